The Hall–Kier alpha value is -2.17. The summed E-state index contributed by atoms with van der Waals surface area (Å²) >= 11 is 0. The Morgan fingerprint density at radius 3 is 2.46 bits per heavy atom. The second-order valence-corrected chi connectivity index (χ2v) is 8.54. The monoisotopic (exact) mass is 378 g/mol. The number of carbonyl (C=O) groups excluding carboxylic acids is 1. The standard InChI is InChI=1S/C24H30N2O2/c1-18(27)21-5-4-6-22(15-21)19-7-9-20(10-8-19)23(28)25-16-24(11-12-24)17-26-13-2-3-14-26/h4-10,15,18,27H,2-3,11-14,16-17H2,1H3,(H,25,28)/t18-/m1/s1. The van der Waals surface area contributed by atoms with E-state index >= 15 is 0 Å². The topological polar surface area (TPSA) is 52.6 Å². The lowest BCUT2D eigenvalue weighted by molar-refractivity contribution is 0.0940. The number of rotatable bonds is 7. The van der Waals surface area contributed by atoms with Crippen LogP contribution in [-0.2, 0) is 0 Å². The average molecular weight is 379 g/mol. The van der Waals surface area contributed by atoms with Gasteiger partial charge in [-0.3, -0.25) is 4.79 Å². The highest BCUT2D eigenvalue weighted by atomic mass is 16.3. The Morgan fingerprint density at radius 1 is 1.11 bits per heavy atom. The lowest BCUT2D eigenvalue weighted by atomic mass is 10.00. The molecule has 4 rings (SSSR count). The van der Waals surface area contributed by atoms with Gasteiger partial charge in [-0.25, -0.2) is 0 Å². The van der Waals surface area contributed by atoms with Crippen molar-refractivity contribution in [2.24, 2.45) is 5.41 Å². The first-order valence-electron chi connectivity index (χ1n) is 10.4. The second-order valence-electron chi connectivity index (χ2n) is 8.54. The third-order valence-electron chi connectivity index (χ3n) is 6.19. The molecule has 0 unspecified atom stereocenters. The van der Waals surface area contributed by atoms with Crippen molar-refractivity contribution in [2.45, 2.75) is 38.7 Å². The van der Waals surface area contributed by atoms with Gasteiger partial charge in [0.1, 0.15) is 0 Å². The highest BCUT2D eigenvalue weighted by Gasteiger charge is 2.44. The Balaban J connectivity index is 1.36. The number of hydrogen-bond donors (Lipinski definition) is 2. The molecule has 4 heteroatoms. The summed E-state index contributed by atoms with van der Waals surface area (Å²) in [5.41, 5.74) is 4.00. The van der Waals surface area contributed by atoms with Crippen LogP contribution in [0.4, 0.5) is 0 Å². The zero-order chi connectivity index (χ0) is 19.6. The summed E-state index contributed by atoms with van der Waals surface area (Å²) in [4.78, 5) is 15.1. The number of aliphatic hydroxyl groups excluding tert-OH is 1. The van der Waals surface area contributed by atoms with Gasteiger partial charge in [-0.15, -0.1) is 0 Å². The van der Waals surface area contributed by atoms with E-state index in [-0.39, 0.29) is 5.91 Å². The SMILES string of the molecule is C[C@@H](O)c1cccc(-c2ccc(C(=O)NCC3(CN4CCCC4)CC3)cc2)c1. The second kappa shape index (κ2) is 8.06. The number of hydrogen-bond acceptors (Lipinski definition) is 3. The third kappa shape index (κ3) is 4.45. The number of nitrogens with zero attached hydrogens (tertiary/aromatic N) is 1. The summed E-state index contributed by atoms with van der Waals surface area (Å²) in [6.45, 7) is 6.11. The molecule has 4 nitrogen and oxygen atoms in total. The smallest absolute Gasteiger partial charge is 0.251 e. The molecule has 0 aromatic heterocycles. The minimum atomic E-state index is -0.486. The molecule has 1 saturated carbocycles. The molecule has 2 fully saturated rings. The lowest BCUT2D eigenvalue weighted by Crippen LogP contribution is -2.37. The summed E-state index contributed by atoms with van der Waals surface area (Å²) in [7, 11) is 0. The molecule has 1 atom stereocenters. The van der Waals surface area contributed by atoms with Gasteiger partial charge in [0.05, 0.1) is 6.10 Å². The molecule has 0 bridgehead atoms. The number of aliphatic hydroxyl groups is 1. The summed E-state index contributed by atoms with van der Waals surface area (Å²) in [6, 6.07) is 15.6. The molecule has 0 spiro atoms. The van der Waals surface area contributed by atoms with Crippen LogP contribution < -0.4 is 5.32 Å². The van der Waals surface area contributed by atoms with Gasteiger partial charge in [0.15, 0.2) is 0 Å². The van der Waals surface area contributed by atoms with Crippen LogP contribution in [0.2, 0.25) is 0 Å². The van der Waals surface area contributed by atoms with Gasteiger partial charge in [-0.05, 0) is 80.6 Å². The van der Waals surface area contributed by atoms with Gasteiger partial charge >= 0.3 is 0 Å². The fourth-order valence-corrected chi connectivity index (χ4v) is 4.14. The van der Waals surface area contributed by atoms with E-state index in [1.54, 1.807) is 6.92 Å². The normalized spacial score (nSPS) is 19.4. The van der Waals surface area contributed by atoms with Crippen molar-refractivity contribution in [3.63, 3.8) is 0 Å². The Morgan fingerprint density at radius 2 is 1.82 bits per heavy atom. The number of likely N-dealkylation sites (tertiary alicyclic amines) is 1. The van der Waals surface area contributed by atoms with Crippen molar-refractivity contribution >= 4 is 5.91 Å². The van der Waals surface area contributed by atoms with Crippen molar-refractivity contribution in [1.29, 1.82) is 0 Å². The fourth-order valence-electron chi connectivity index (χ4n) is 4.14. The van der Waals surface area contributed by atoms with Crippen molar-refractivity contribution in [3.05, 3.63) is 59.7 Å². The summed E-state index contributed by atoms with van der Waals surface area (Å²) in [5.74, 6) is 0.0111. The molecule has 2 aromatic rings. The minimum absolute atomic E-state index is 0.0111. The number of benzene rings is 2. The van der Waals surface area contributed by atoms with Crippen molar-refractivity contribution in [2.75, 3.05) is 26.2 Å². The molecule has 2 N–H and O–H groups in total. The van der Waals surface area contributed by atoms with E-state index in [9.17, 15) is 9.90 Å². The van der Waals surface area contributed by atoms with Crippen LogP contribution in [0.3, 0.4) is 0 Å². The van der Waals surface area contributed by atoms with E-state index in [1.165, 1.54) is 38.8 Å². The Labute approximate surface area is 167 Å². The highest BCUT2D eigenvalue weighted by Crippen LogP contribution is 2.46. The van der Waals surface area contributed by atoms with E-state index in [2.05, 4.69) is 10.2 Å². The number of nitrogens with one attached hydrogen (secondary N) is 1. The summed E-state index contributed by atoms with van der Waals surface area (Å²) in [6.07, 6.45) is 4.59. The van der Waals surface area contributed by atoms with Gasteiger partial charge in [-0.1, -0.05) is 30.3 Å². The average Bonchev–Trinajstić information content (AvgIpc) is 3.29. The van der Waals surface area contributed by atoms with Crippen LogP contribution in [0.15, 0.2) is 48.5 Å². The maximum atomic E-state index is 12.6. The van der Waals surface area contributed by atoms with E-state index in [0.717, 1.165) is 29.8 Å². The summed E-state index contributed by atoms with van der Waals surface area (Å²) < 4.78 is 0. The van der Waals surface area contributed by atoms with Crippen LogP contribution in [0.25, 0.3) is 11.1 Å². The van der Waals surface area contributed by atoms with Crippen LogP contribution in [0, 0.1) is 5.41 Å². The molecule has 28 heavy (non-hydrogen) atoms. The summed E-state index contributed by atoms with van der Waals surface area (Å²) in [5, 5.41) is 12.9. The molecule has 148 valence electrons. The van der Waals surface area contributed by atoms with E-state index in [1.807, 2.05) is 48.5 Å². The lowest BCUT2D eigenvalue weighted by Gasteiger charge is -2.23. The van der Waals surface area contributed by atoms with E-state index < -0.39 is 6.10 Å². The van der Waals surface area contributed by atoms with Gasteiger partial charge in [0.25, 0.3) is 5.91 Å². The molecular formula is C24H30N2O2. The number of amides is 1. The van der Waals surface area contributed by atoms with Gasteiger partial charge in [-0.2, -0.15) is 0 Å². The first-order valence-corrected chi connectivity index (χ1v) is 10.4. The minimum Gasteiger partial charge on any atom is -0.389 e. The van der Waals surface area contributed by atoms with Gasteiger partial charge in [0, 0.05) is 24.1 Å². The maximum Gasteiger partial charge on any atom is 0.251 e. The molecule has 1 heterocycles. The van der Waals surface area contributed by atoms with Crippen LogP contribution >= 0.6 is 0 Å². The number of carbonyl (C=O) groups is 1. The third-order valence-corrected chi connectivity index (χ3v) is 6.19. The Kier molecular flexibility index (Phi) is 5.51. The molecular weight excluding hydrogens is 348 g/mol. The molecule has 2 aromatic carbocycles. The van der Waals surface area contributed by atoms with Crippen LogP contribution in [-0.4, -0.2) is 42.1 Å². The molecule has 1 amide bonds. The largest absolute Gasteiger partial charge is 0.389 e. The predicted molar refractivity (Wildman–Crippen MR) is 112 cm³/mol. The van der Waals surface area contributed by atoms with E-state index in [0.29, 0.717) is 11.0 Å². The molecule has 1 aliphatic carbocycles. The van der Waals surface area contributed by atoms with Crippen molar-refractivity contribution in [1.82, 2.24) is 10.2 Å². The zero-order valence-corrected chi connectivity index (χ0v) is 16.7. The molecule has 0 radical (unpaired) electrons. The van der Waals surface area contributed by atoms with Crippen molar-refractivity contribution in [3.8, 4) is 11.1 Å². The van der Waals surface area contributed by atoms with Gasteiger partial charge in [0.2, 0.25) is 0 Å². The van der Waals surface area contributed by atoms with Crippen LogP contribution in [0.1, 0.15) is 54.6 Å². The quantitative estimate of drug-likeness (QED) is 0.765. The molecule has 1 aliphatic heterocycles. The Bertz CT molecular complexity index is 819. The first-order chi connectivity index (χ1) is 13.5. The van der Waals surface area contributed by atoms with Gasteiger partial charge < -0.3 is 15.3 Å². The zero-order valence-electron chi connectivity index (χ0n) is 16.7. The molecule has 2 aliphatic rings. The van der Waals surface area contributed by atoms with E-state index in [4.69, 9.17) is 0 Å². The predicted octanol–water partition coefficient (Wildman–Crippen LogP) is 4.01. The molecule has 1 saturated heterocycles. The van der Waals surface area contributed by atoms with Crippen molar-refractivity contribution < 1.29 is 9.90 Å². The highest BCUT2D eigenvalue weighted by molar-refractivity contribution is 5.94. The first kappa shape index (κ1) is 19.2. The fraction of sp³-hybridized carbons (Fsp3) is 0.458. The van der Waals surface area contributed by atoms with Crippen LogP contribution in [0.5, 0.6) is 0 Å². The maximum absolute atomic E-state index is 12.6.